The second-order valence-electron chi connectivity index (χ2n) is 3.85. The Balaban J connectivity index is 2.76. The van der Waals surface area contributed by atoms with Crippen LogP contribution in [0.1, 0.15) is 37.2 Å². The fraction of sp³-hybridized carbons (Fsp3) is 0.500. The van der Waals surface area contributed by atoms with Gasteiger partial charge in [0, 0.05) is 12.2 Å². The molecule has 1 rings (SSSR count). The smallest absolute Gasteiger partial charge is 0.338 e. The number of hydrogen-bond acceptors (Lipinski definition) is 3. The Labute approximate surface area is 93.3 Å². The maximum atomic E-state index is 11.6. The maximum Gasteiger partial charge on any atom is 0.338 e. The lowest BCUT2D eigenvalue weighted by molar-refractivity contribution is -0.124. The molecule has 0 radical (unpaired) electrons. The summed E-state index contributed by atoms with van der Waals surface area (Å²) >= 11 is 0. The molecule has 0 aliphatic heterocycles. The Bertz CT molecular complexity index is 398. The molecule has 1 aromatic heterocycles. The number of carboxylic acid groups (broad SMARTS) is 1. The zero-order valence-corrected chi connectivity index (χ0v) is 9.47. The molecule has 6 heteroatoms. The van der Waals surface area contributed by atoms with Crippen LogP contribution in [-0.4, -0.2) is 32.8 Å². The summed E-state index contributed by atoms with van der Waals surface area (Å²) in [6.45, 7) is 5.38. The molecule has 1 amide bonds. The molecule has 1 aromatic rings. The van der Waals surface area contributed by atoms with Gasteiger partial charge in [0.05, 0.1) is 11.8 Å². The van der Waals surface area contributed by atoms with E-state index < -0.39 is 12.0 Å². The van der Waals surface area contributed by atoms with Crippen molar-refractivity contribution in [2.24, 2.45) is 0 Å². The van der Waals surface area contributed by atoms with E-state index in [4.69, 9.17) is 5.11 Å². The highest BCUT2D eigenvalue weighted by molar-refractivity contribution is 5.87. The molecule has 0 fully saturated rings. The van der Waals surface area contributed by atoms with Crippen LogP contribution in [0.15, 0.2) is 12.4 Å². The van der Waals surface area contributed by atoms with Crippen LogP contribution in [0.25, 0.3) is 0 Å². The first kappa shape index (κ1) is 12.2. The molecule has 1 unspecified atom stereocenters. The molecule has 0 bridgehead atoms. The Hall–Kier alpha value is -1.85. The van der Waals surface area contributed by atoms with Crippen molar-refractivity contribution in [2.45, 2.75) is 32.9 Å². The predicted molar refractivity (Wildman–Crippen MR) is 57.2 cm³/mol. The molecular formula is C10H15N3O3. The van der Waals surface area contributed by atoms with Crippen molar-refractivity contribution in [1.82, 2.24) is 15.1 Å². The molecule has 16 heavy (non-hydrogen) atoms. The van der Waals surface area contributed by atoms with E-state index >= 15 is 0 Å². The number of aromatic carboxylic acids is 1. The van der Waals surface area contributed by atoms with Crippen molar-refractivity contribution >= 4 is 11.9 Å². The van der Waals surface area contributed by atoms with Gasteiger partial charge >= 0.3 is 5.97 Å². The molecule has 0 aliphatic rings. The molecule has 1 atom stereocenters. The minimum absolute atomic E-state index is 0.0458. The lowest BCUT2D eigenvalue weighted by Gasteiger charge is -2.14. The molecule has 0 aromatic carbocycles. The number of nitrogens with zero attached hydrogens (tertiary/aromatic N) is 2. The SMILES string of the molecule is CC(C)NC(=O)C(C)n1cc(C(=O)O)cn1. The zero-order valence-electron chi connectivity index (χ0n) is 9.47. The van der Waals surface area contributed by atoms with Crippen molar-refractivity contribution < 1.29 is 14.7 Å². The highest BCUT2D eigenvalue weighted by Gasteiger charge is 2.17. The number of rotatable bonds is 4. The van der Waals surface area contributed by atoms with Crippen molar-refractivity contribution in [1.29, 1.82) is 0 Å². The predicted octanol–water partition coefficient (Wildman–Crippen LogP) is 0.667. The van der Waals surface area contributed by atoms with Crippen molar-refractivity contribution in [2.75, 3.05) is 0 Å². The summed E-state index contributed by atoms with van der Waals surface area (Å²) in [5.41, 5.74) is 0.0733. The molecule has 0 saturated carbocycles. The second-order valence-corrected chi connectivity index (χ2v) is 3.85. The van der Waals surface area contributed by atoms with Crippen molar-refractivity contribution in [3.8, 4) is 0 Å². The number of amides is 1. The van der Waals surface area contributed by atoms with Crippen LogP contribution in [0.2, 0.25) is 0 Å². The summed E-state index contributed by atoms with van der Waals surface area (Å²) in [5, 5.41) is 15.3. The third-order valence-electron chi connectivity index (χ3n) is 2.06. The van der Waals surface area contributed by atoms with Gasteiger partial charge in [0.2, 0.25) is 5.91 Å². The fourth-order valence-corrected chi connectivity index (χ4v) is 1.19. The third-order valence-corrected chi connectivity index (χ3v) is 2.06. The maximum absolute atomic E-state index is 11.6. The largest absolute Gasteiger partial charge is 0.478 e. The first-order valence-corrected chi connectivity index (χ1v) is 4.99. The fourth-order valence-electron chi connectivity index (χ4n) is 1.19. The Morgan fingerprint density at radius 3 is 2.50 bits per heavy atom. The molecule has 0 aliphatic carbocycles. The monoisotopic (exact) mass is 225 g/mol. The summed E-state index contributed by atoms with van der Waals surface area (Å²) in [6.07, 6.45) is 2.56. The topological polar surface area (TPSA) is 84.2 Å². The Morgan fingerprint density at radius 1 is 1.44 bits per heavy atom. The third kappa shape index (κ3) is 2.82. The number of hydrogen-bond donors (Lipinski definition) is 2. The van der Waals surface area contributed by atoms with Gasteiger partial charge < -0.3 is 10.4 Å². The van der Waals surface area contributed by atoms with Gasteiger partial charge in [0.15, 0.2) is 0 Å². The highest BCUT2D eigenvalue weighted by Crippen LogP contribution is 2.07. The Kier molecular flexibility index (Phi) is 3.65. The van der Waals surface area contributed by atoms with E-state index in [2.05, 4.69) is 10.4 Å². The van der Waals surface area contributed by atoms with Gasteiger partial charge in [-0.25, -0.2) is 4.79 Å². The normalized spacial score (nSPS) is 12.5. The number of carbonyl (C=O) groups is 2. The van der Waals surface area contributed by atoms with E-state index in [1.807, 2.05) is 13.8 Å². The van der Waals surface area contributed by atoms with Gasteiger partial charge in [0.25, 0.3) is 0 Å². The highest BCUT2D eigenvalue weighted by atomic mass is 16.4. The van der Waals surface area contributed by atoms with E-state index in [-0.39, 0.29) is 17.5 Å². The summed E-state index contributed by atoms with van der Waals surface area (Å²) < 4.78 is 1.33. The van der Waals surface area contributed by atoms with Crippen LogP contribution in [0.3, 0.4) is 0 Å². The number of carbonyl (C=O) groups excluding carboxylic acids is 1. The van der Waals surface area contributed by atoms with Crippen LogP contribution in [0.4, 0.5) is 0 Å². The van der Waals surface area contributed by atoms with Crippen LogP contribution < -0.4 is 5.32 Å². The molecule has 0 saturated heterocycles. The summed E-state index contributed by atoms with van der Waals surface area (Å²) in [4.78, 5) is 22.2. The molecule has 88 valence electrons. The van der Waals surface area contributed by atoms with Gasteiger partial charge in [-0.15, -0.1) is 0 Å². The minimum atomic E-state index is -1.05. The van der Waals surface area contributed by atoms with E-state index in [0.29, 0.717) is 0 Å². The van der Waals surface area contributed by atoms with Gasteiger partial charge in [-0.05, 0) is 20.8 Å². The van der Waals surface area contributed by atoms with Gasteiger partial charge in [-0.1, -0.05) is 0 Å². The second kappa shape index (κ2) is 4.78. The average molecular weight is 225 g/mol. The molecule has 6 nitrogen and oxygen atoms in total. The van der Waals surface area contributed by atoms with Crippen molar-refractivity contribution in [3.05, 3.63) is 18.0 Å². The van der Waals surface area contributed by atoms with Gasteiger partial charge in [-0.2, -0.15) is 5.10 Å². The van der Waals surface area contributed by atoms with E-state index in [9.17, 15) is 9.59 Å². The standard InChI is InChI=1S/C10H15N3O3/c1-6(2)12-9(14)7(3)13-5-8(4-11-13)10(15)16/h4-7H,1-3H3,(H,12,14)(H,15,16). The number of aromatic nitrogens is 2. The van der Waals surface area contributed by atoms with Crippen molar-refractivity contribution in [3.63, 3.8) is 0 Å². The van der Waals surface area contributed by atoms with Gasteiger partial charge in [-0.3, -0.25) is 9.48 Å². The summed E-state index contributed by atoms with van der Waals surface area (Å²) in [5.74, 6) is -1.24. The zero-order chi connectivity index (χ0) is 12.3. The number of nitrogens with one attached hydrogen (secondary N) is 1. The van der Waals surface area contributed by atoms with Crippen LogP contribution in [0, 0.1) is 0 Å². The lowest BCUT2D eigenvalue weighted by atomic mass is 10.3. The Morgan fingerprint density at radius 2 is 2.06 bits per heavy atom. The van der Waals surface area contributed by atoms with E-state index in [1.165, 1.54) is 17.1 Å². The minimum Gasteiger partial charge on any atom is -0.478 e. The van der Waals surface area contributed by atoms with Crippen LogP contribution in [0.5, 0.6) is 0 Å². The summed E-state index contributed by atoms with van der Waals surface area (Å²) in [7, 11) is 0. The lowest BCUT2D eigenvalue weighted by Crippen LogP contribution is -2.35. The molecule has 1 heterocycles. The van der Waals surface area contributed by atoms with Crippen LogP contribution in [-0.2, 0) is 4.79 Å². The van der Waals surface area contributed by atoms with E-state index in [1.54, 1.807) is 6.92 Å². The molecular weight excluding hydrogens is 210 g/mol. The first-order chi connectivity index (χ1) is 7.41. The average Bonchev–Trinajstić information content (AvgIpc) is 2.64. The number of carboxylic acids is 1. The quantitative estimate of drug-likeness (QED) is 0.788. The molecule has 2 N–H and O–H groups in total. The summed E-state index contributed by atoms with van der Waals surface area (Å²) in [6, 6.07) is -0.472. The first-order valence-electron chi connectivity index (χ1n) is 4.99. The van der Waals surface area contributed by atoms with Crippen LogP contribution >= 0.6 is 0 Å². The van der Waals surface area contributed by atoms with E-state index in [0.717, 1.165) is 0 Å². The molecule has 0 spiro atoms. The van der Waals surface area contributed by atoms with Gasteiger partial charge in [0.1, 0.15) is 6.04 Å².